The van der Waals surface area contributed by atoms with Gasteiger partial charge in [-0.15, -0.1) is 5.10 Å². The zero-order valence-electron chi connectivity index (χ0n) is 12.6. The highest BCUT2D eigenvalue weighted by Gasteiger charge is 2.36. The Balaban J connectivity index is 2.07. The van der Waals surface area contributed by atoms with Crippen LogP contribution in [-0.4, -0.2) is 55.8 Å². The minimum absolute atomic E-state index is 0.0990. The Bertz CT molecular complexity index is 549. The summed E-state index contributed by atoms with van der Waals surface area (Å²) in [5.74, 6) is -0.975. The van der Waals surface area contributed by atoms with Gasteiger partial charge in [0, 0.05) is 13.1 Å². The number of carbonyl (C=O) groups excluding carboxylic acids is 1. The third kappa shape index (κ3) is 3.50. The average molecular weight is 296 g/mol. The topological polar surface area (TPSA) is 97.5 Å². The quantitative estimate of drug-likeness (QED) is 0.886. The van der Waals surface area contributed by atoms with E-state index in [4.69, 9.17) is 9.84 Å². The lowest BCUT2D eigenvalue weighted by atomic mass is 10.1. The summed E-state index contributed by atoms with van der Waals surface area (Å²) in [7, 11) is 0. The van der Waals surface area contributed by atoms with Crippen molar-refractivity contribution in [2.45, 2.75) is 39.3 Å². The van der Waals surface area contributed by atoms with Crippen molar-refractivity contribution in [1.82, 2.24) is 19.9 Å². The Morgan fingerprint density at radius 2 is 2.05 bits per heavy atom. The molecule has 1 fully saturated rings. The Kier molecular flexibility index (Phi) is 3.89. The van der Waals surface area contributed by atoms with Crippen LogP contribution in [0, 0.1) is 5.92 Å². The van der Waals surface area contributed by atoms with Crippen LogP contribution in [0.1, 0.15) is 44.2 Å². The van der Waals surface area contributed by atoms with Crippen LogP contribution in [-0.2, 0) is 4.74 Å². The molecule has 0 bridgehead atoms. The molecule has 116 valence electrons. The number of likely N-dealkylation sites (tertiary alicyclic amines) is 1. The van der Waals surface area contributed by atoms with Crippen LogP contribution in [0.25, 0.3) is 0 Å². The molecule has 1 aliphatic rings. The number of carboxylic acid groups (broad SMARTS) is 1. The maximum atomic E-state index is 12.1. The Hall–Kier alpha value is -2.12. The van der Waals surface area contributed by atoms with E-state index >= 15 is 0 Å². The molecule has 1 aliphatic heterocycles. The van der Waals surface area contributed by atoms with E-state index in [2.05, 4.69) is 10.3 Å². The number of nitrogens with zero attached hydrogens (tertiary/aromatic N) is 4. The number of aromatic nitrogens is 3. The van der Waals surface area contributed by atoms with E-state index in [1.165, 1.54) is 10.9 Å². The maximum absolute atomic E-state index is 12.1. The van der Waals surface area contributed by atoms with Gasteiger partial charge in [-0.2, -0.15) is 0 Å². The van der Waals surface area contributed by atoms with E-state index < -0.39 is 11.6 Å². The standard InChI is InChI=1S/C13H20N4O4/c1-8-5-16(12(20)21-13(2,3)4)7-10(8)17-6-9(11(18)19)14-15-17/h6,8,10H,5,7H2,1-4H3,(H,18,19). The first-order chi connectivity index (χ1) is 9.67. The first-order valence-corrected chi connectivity index (χ1v) is 6.80. The molecular formula is C13H20N4O4. The van der Waals surface area contributed by atoms with Crippen LogP contribution in [0.4, 0.5) is 4.79 Å². The average Bonchev–Trinajstić information content (AvgIpc) is 2.92. The van der Waals surface area contributed by atoms with Gasteiger partial charge in [0.2, 0.25) is 0 Å². The van der Waals surface area contributed by atoms with E-state index in [0.29, 0.717) is 13.1 Å². The van der Waals surface area contributed by atoms with Crippen molar-refractivity contribution in [1.29, 1.82) is 0 Å². The number of carboxylic acids is 1. The van der Waals surface area contributed by atoms with Crippen LogP contribution in [0.3, 0.4) is 0 Å². The van der Waals surface area contributed by atoms with Crippen molar-refractivity contribution in [3.8, 4) is 0 Å². The van der Waals surface area contributed by atoms with E-state index in [9.17, 15) is 9.59 Å². The molecule has 21 heavy (non-hydrogen) atoms. The van der Waals surface area contributed by atoms with E-state index in [1.807, 2.05) is 27.7 Å². The molecule has 1 amide bonds. The first-order valence-electron chi connectivity index (χ1n) is 6.80. The van der Waals surface area contributed by atoms with Gasteiger partial charge in [0.25, 0.3) is 0 Å². The van der Waals surface area contributed by atoms with Gasteiger partial charge in [0.05, 0.1) is 12.2 Å². The summed E-state index contributed by atoms with van der Waals surface area (Å²) in [6.07, 6.45) is 1.03. The first kappa shape index (κ1) is 15.3. The monoisotopic (exact) mass is 296 g/mol. The minimum Gasteiger partial charge on any atom is -0.476 e. The van der Waals surface area contributed by atoms with Gasteiger partial charge < -0.3 is 14.7 Å². The molecule has 1 N–H and O–H groups in total. The summed E-state index contributed by atoms with van der Waals surface area (Å²) in [6, 6.07) is -0.0990. The molecule has 0 saturated carbocycles. The zero-order valence-corrected chi connectivity index (χ0v) is 12.6. The number of rotatable bonds is 2. The van der Waals surface area contributed by atoms with Gasteiger partial charge in [0.1, 0.15) is 5.60 Å². The summed E-state index contributed by atoms with van der Waals surface area (Å²) in [6.45, 7) is 8.41. The largest absolute Gasteiger partial charge is 0.476 e. The SMILES string of the molecule is CC1CN(C(=O)OC(C)(C)C)CC1n1cc(C(=O)O)nn1. The van der Waals surface area contributed by atoms with E-state index in [-0.39, 0.29) is 23.7 Å². The molecular weight excluding hydrogens is 276 g/mol. The molecule has 1 aromatic heterocycles. The molecule has 0 aliphatic carbocycles. The molecule has 2 unspecified atom stereocenters. The lowest BCUT2D eigenvalue weighted by molar-refractivity contribution is 0.0284. The Morgan fingerprint density at radius 3 is 2.57 bits per heavy atom. The number of carbonyl (C=O) groups is 2. The molecule has 1 aromatic rings. The summed E-state index contributed by atoms with van der Waals surface area (Å²) in [5, 5.41) is 16.3. The fourth-order valence-electron chi connectivity index (χ4n) is 2.31. The lowest BCUT2D eigenvalue weighted by Crippen LogP contribution is -2.35. The normalized spacial score (nSPS) is 22.4. The van der Waals surface area contributed by atoms with Crippen molar-refractivity contribution in [2.75, 3.05) is 13.1 Å². The van der Waals surface area contributed by atoms with Crippen molar-refractivity contribution in [2.24, 2.45) is 5.92 Å². The Morgan fingerprint density at radius 1 is 1.38 bits per heavy atom. The van der Waals surface area contributed by atoms with Crippen LogP contribution < -0.4 is 0 Å². The smallest absolute Gasteiger partial charge is 0.410 e. The third-order valence-corrected chi connectivity index (χ3v) is 3.29. The van der Waals surface area contributed by atoms with Gasteiger partial charge in [-0.05, 0) is 26.7 Å². The number of hydrogen-bond donors (Lipinski definition) is 1. The minimum atomic E-state index is -1.11. The van der Waals surface area contributed by atoms with Crippen LogP contribution in [0.2, 0.25) is 0 Å². The predicted molar refractivity (Wildman–Crippen MR) is 73.0 cm³/mol. The van der Waals surface area contributed by atoms with Crippen molar-refractivity contribution >= 4 is 12.1 Å². The van der Waals surface area contributed by atoms with Crippen LogP contribution in [0.5, 0.6) is 0 Å². The Labute approximate surface area is 122 Å². The molecule has 8 nitrogen and oxygen atoms in total. The van der Waals surface area contributed by atoms with Gasteiger partial charge in [-0.25, -0.2) is 14.3 Å². The summed E-state index contributed by atoms with van der Waals surface area (Å²) in [4.78, 5) is 24.5. The second-order valence-corrected chi connectivity index (χ2v) is 6.32. The lowest BCUT2D eigenvalue weighted by Gasteiger charge is -2.24. The summed E-state index contributed by atoms with van der Waals surface area (Å²) >= 11 is 0. The van der Waals surface area contributed by atoms with Gasteiger partial charge >= 0.3 is 12.1 Å². The van der Waals surface area contributed by atoms with Crippen molar-refractivity contribution in [3.63, 3.8) is 0 Å². The van der Waals surface area contributed by atoms with E-state index in [1.54, 1.807) is 4.90 Å². The third-order valence-electron chi connectivity index (χ3n) is 3.29. The zero-order chi connectivity index (χ0) is 15.8. The summed E-state index contributed by atoms with van der Waals surface area (Å²) < 4.78 is 6.86. The number of hydrogen-bond acceptors (Lipinski definition) is 5. The van der Waals surface area contributed by atoms with Crippen molar-refractivity contribution < 1.29 is 19.4 Å². The van der Waals surface area contributed by atoms with Gasteiger partial charge in [-0.3, -0.25) is 0 Å². The molecule has 2 atom stereocenters. The fraction of sp³-hybridized carbons (Fsp3) is 0.692. The van der Waals surface area contributed by atoms with Crippen LogP contribution >= 0.6 is 0 Å². The van der Waals surface area contributed by atoms with Crippen LogP contribution in [0.15, 0.2) is 6.20 Å². The second kappa shape index (κ2) is 5.34. The predicted octanol–water partition coefficient (Wildman–Crippen LogP) is 1.40. The molecule has 1 saturated heterocycles. The molecule has 0 aromatic carbocycles. The van der Waals surface area contributed by atoms with Gasteiger partial charge in [-0.1, -0.05) is 12.1 Å². The maximum Gasteiger partial charge on any atom is 0.410 e. The second-order valence-electron chi connectivity index (χ2n) is 6.32. The number of ether oxygens (including phenoxy) is 1. The molecule has 0 spiro atoms. The fourth-order valence-corrected chi connectivity index (χ4v) is 2.31. The highest BCUT2D eigenvalue weighted by molar-refractivity contribution is 5.84. The van der Waals surface area contributed by atoms with Gasteiger partial charge in [0.15, 0.2) is 5.69 Å². The summed E-state index contributed by atoms with van der Waals surface area (Å²) in [5.41, 5.74) is -0.639. The van der Waals surface area contributed by atoms with Crippen molar-refractivity contribution in [3.05, 3.63) is 11.9 Å². The molecule has 0 radical (unpaired) electrons. The molecule has 2 heterocycles. The number of amides is 1. The highest BCUT2D eigenvalue weighted by Crippen LogP contribution is 2.28. The molecule has 8 heteroatoms. The number of aromatic carboxylic acids is 1. The molecule has 2 rings (SSSR count). The highest BCUT2D eigenvalue weighted by atomic mass is 16.6. The van der Waals surface area contributed by atoms with E-state index in [0.717, 1.165) is 0 Å².